The highest BCUT2D eigenvalue weighted by Crippen LogP contribution is 2.35. The monoisotopic (exact) mass is 770 g/mol. The Morgan fingerprint density at radius 2 is 1.40 bits per heavy atom. The fourth-order valence-corrected chi connectivity index (χ4v) is 7.57. The second-order valence-corrected chi connectivity index (χ2v) is 14.6. The van der Waals surface area contributed by atoms with E-state index in [1.807, 2.05) is 92.8 Å². The highest BCUT2D eigenvalue weighted by molar-refractivity contribution is 5.88. The number of imidazole rings is 2. The van der Waals surface area contributed by atoms with Gasteiger partial charge in [0.1, 0.15) is 23.7 Å². The molecule has 4 heterocycles. The number of nitrogens with one attached hydrogen (secondary N) is 4. The highest BCUT2D eigenvalue weighted by atomic mass is 16.5. The van der Waals surface area contributed by atoms with Crippen LogP contribution in [0.15, 0.2) is 79.0 Å². The number of likely N-dealkylation sites (tertiary alicyclic amines) is 2. The number of nitrogens with zero attached hydrogens (tertiary/aromatic N) is 4. The predicted molar refractivity (Wildman–Crippen MR) is 212 cm³/mol. The van der Waals surface area contributed by atoms with Crippen LogP contribution in [-0.4, -0.2) is 87.1 Å². The van der Waals surface area contributed by atoms with Crippen LogP contribution in [0.25, 0.3) is 22.3 Å². The second kappa shape index (κ2) is 17.0. The van der Waals surface area contributed by atoms with Crippen molar-refractivity contribution >= 4 is 35.0 Å². The topological polar surface area (TPSA) is 175 Å². The van der Waals surface area contributed by atoms with Crippen molar-refractivity contribution in [1.29, 1.82) is 0 Å². The van der Waals surface area contributed by atoms with Crippen LogP contribution in [0.1, 0.15) is 86.0 Å². The first-order chi connectivity index (χ1) is 27.6. The summed E-state index contributed by atoms with van der Waals surface area (Å²) in [6.07, 6.45) is 3.69. The summed E-state index contributed by atoms with van der Waals surface area (Å²) in [5.41, 5.74) is 5.55. The Labute approximate surface area is 330 Å². The minimum atomic E-state index is -0.890. The summed E-state index contributed by atoms with van der Waals surface area (Å²) in [5, 5.41) is 5.39. The highest BCUT2D eigenvalue weighted by Gasteiger charge is 2.38. The number of rotatable bonds is 9. The Balaban J connectivity index is 1.02. The minimum Gasteiger partial charge on any atom is -0.453 e. The van der Waals surface area contributed by atoms with Gasteiger partial charge in [0.25, 0.3) is 5.91 Å². The number of fused-ring (bicyclic) bond motifs is 1. The molecule has 0 radical (unpaired) electrons. The standard InChI is InChI=1S/C43H46N8O6/c1-26(2)36(48-42(54)56-3)40(52)50-22-8-12-34(50)38-44-25-33(47-38)29-19-16-27(17-20-29)14-15-28-18-21-31-32(24-28)46-39(45-31)35-13-9-23-51(35)41(53)37(49-43(55)57-4)30-10-6-5-7-11-30/h5-7,10-11,16-21,24-26,34-37H,8-9,12-13,22-23H2,1-4H3,(H,44,47)(H,45,46)(H,48,54)(H,49,55)/t34-,35-,36-,37-/m0/s1. The van der Waals surface area contributed by atoms with Crippen molar-refractivity contribution in [3.05, 3.63) is 107 Å². The van der Waals surface area contributed by atoms with Crippen molar-refractivity contribution in [2.75, 3.05) is 27.3 Å². The van der Waals surface area contributed by atoms with Gasteiger partial charge in [-0.15, -0.1) is 0 Å². The average molecular weight is 771 g/mol. The van der Waals surface area contributed by atoms with E-state index in [1.165, 1.54) is 14.2 Å². The van der Waals surface area contributed by atoms with Gasteiger partial charge in [-0.25, -0.2) is 19.6 Å². The molecule has 4 amide bonds. The first-order valence-electron chi connectivity index (χ1n) is 19.2. The molecule has 4 N–H and O–H groups in total. The fourth-order valence-electron chi connectivity index (χ4n) is 7.57. The van der Waals surface area contributed by atoms with Crippen LogP contribution >= 0.6 is 0 Å². The SMILES string of the molecule is COC(=O)N[C@H](C(=O)N1CCC[C@H]1c1nc2cc(C#Cc3ccc(-c4c[nH]c([C@@H]5CCCN5C(=O)[C@@H](NC(=O)OC)C(C)C)n4)cc3)ccc2[nH]1)c1ccccc1. The Morgan fingerprint density at radius 3 is 2.09 bits per heavy atom. The lowest BCUT2D eigenvalue weighted by Crippen LogP contribution is -2.51. The number of hydrogen-bond acceptors (Lipinski definition) is 8. The molecule has 4 atom stereocenters. The minimum absolute atomic E-state index is 0.113. The zero-order chi connectivity index (χ0) is 40.1. The predicted octanol–water partition coefficient (Wildman–Crippen LogP) is 6.16. The molecule has 5 aromatic rings. The molecule has 0 unspecified atom stereocenters. The maximum Gasteiger partial charge on any atom is 0.407 e. The van der Waals surface area contributed by atoms with E-state index in [1.54, 1.807) is 9.80 Å². The molecule has 294 valence electrons. The molecule has 2 aromatic heterocycles. The summed E-state index contributed by atoms with van der Waals surface area (Å²) in [6, 6.07) is 20.7. The molecule has 2 aliphatic heterocycles. The quantitative estimate of drug-likeness (QED) is 0.129. The number of methoxy groups -OCH3 is 2. The molecule has 14 nitrogen and oxygen atoms in total. The van der Waals surface area contributed by atoms with Gasteiger partial charge in [-0.05, 0) is 67.5 Å². The third-order valence-electron chi connectivity index (χ3n) is 10.6. The molecule has 0 spiro atoms. The second-order valence-electron chi connectivity index (χ2n) is 14.6. The van der Waals surface area contributed by atoms with Crippen LogP contribution in [0.3, 0.4) is 0 Å². The number of carbonyl (C=O) groups is 4. The third-order valence-corrected chi connectivity index (χ3v) is 10.6. The van der Waals surface area contributed by atoms with Gasteiger partial charge < -0.3 is 39.9 Å². The molecular weight excluding hydrogens is 725 g/mol. The van der Waals surface area contributed by atoms with Crippen molar-refractivity contribution in [3.63, 3.8) is 0 Å². The lowest BCUT2D eigenvalue weighted by atomic mass is 10.0. The molecule has 0 saturated carbocycles. The van der Waals surface area contributed by atoms with Gasteiger partial charge in [-0.3, -0.25) is 9.59 Å². The zero-order valence-electron chi connectivity index (χ0n) is 32.4. The van der Waals surface area contributed by atoms with E-state index in [9.17, 15) is 19.2 Å². The van der Waals surface area contributed by atoms with Crippen LogP contribution in [0.5, 0.6) is 0 Å². The largest absolute Gasteiger partial charge is 0.453 e. The maximum absolute atomic E-state index is 13.9. The van der Waals surface area contributed by atoms with Crippen molar-refractivity contribution in [1.82, 2.24) is 40.4 Å². The van der Waals surface area contributed by atoms with Crippen molar-refractivity contribution < 1.29 is 28.7 Å². The number of alkyl carbamates (subject to hydrolysis) is 2. The van der Waals surface area contributed by atoms with Gasteiger partial charge >= 0.3 is 12.2 Å². The zero-order valence-corrected chi connectivity index (χ0v) is 32.4. The number of ether oxygens (including phenoxy) is 2. The summed E-state index contributed by atoms with van der Waals surface area (Å²) >= 11 is 0. The van der Waals surface area contributed by atoms with Gasteiger partial charge in [0.05, 0.1) is 43.0 Å². The van der Waals surface area contributed by atoms with Crippen molar-refractivity contribution in [2.45, 2.75) is 63.7 Å². The summed E-state index contributed by atoms with van der Waals surface area (Å²) in [7, 11) is 2.56. The molecule has 3 aromatic carbocycles. The number of carbonyl (C=O) groups excluding carboxylic acids is 4. The Bertz CT molecular complexity index is 2310. The van der Waals surface area contributed by atoms with Crippen molar-refractivity contribution in [3.8, 4) is 23.1 Å². The number of amides is 4. The number of hydrogen-bond donors (Lipinski definition) is 4. The number of aromatic nitrogens is 4. The molecule has 0 aliphatic carbocycles. The first kappa shape index (κ1) is 38.6. The Hall–Kier alpha value is -6.62. The normalized spacial score (nSPS) is 17.5. The van der Waals surface area contributed by atoms with E-state index in [4.69, 9.17) is 19.4 Å². The molecule has 2 saturated heterocycles. The summed E-state index contributed by atoms with van der Waals surface area (Å²) < 4.78 is 9.57. The van der Waals surface area contributed by atoms with E-state index < -0.39 is 24.3 Å². The molecule has 2 fully saturated rings. The fraction of sp³-hybridized carbons (Fsp3) is 0.349. The summed E-state index contributed by atoms with van der Waals surface area (Å²) in [4.78, 5) is 71.6. The molecule has 7 rings (SSSR count). The number of H-pyrrole nitrogens is 2. The van der Waals surface area contributed by atoms with Gasteiger partial charge in [-0.1, -0.05) is 68.2 Å². The van der Waals surface area contributed by atoms with Gasteiger partial charge in [0.15, 0.2) is 0 Å². The number of benzene rings is 3. The molecule has 0 bridgehead atoms. The van der Waals surface area contributed by atoms with Crippen molar-refractivity contribution in [2.24, 2.45) is 5.92 Å². The van der Waals surface area contributed by atoms with Gasteiger partial charge in [0, 0.05) is 36.0 Å². The van der Waals surface area contributed by atoms with Crippen LogP contribution in [0, 0.1) is 17.8 Å². The third kappa shape index (κ3) is 8.47. The van der Waals surface area contributed by atoms with Crippen LogP contribution in [0.2, 0.25) is 0 Å². The van der Waals surface area contributed by atoms with Gasteiger partial charge in [-0.2, -0.15) is 0 Å². The van der Waals surface area contributed by atoms with E-state index in [-0.39, 0.29) is 29.8 Å². The van der Waals surface area contributed by atoms with Gasteiger partial charge in [0.2, 0.25) is 5.91 Å². The molecule has 57 heavy (non-hydrogen) atoms. The summed E-state index contributed by atoms with van der Waals surface area (Å²) in [5.74, 6) is 7.40. The lowest BCUT2D eigenvalue weighted by molar-refractivity contribution is -0.135. The smallest absolute Gasteiger partial charge is 0.407 e. The molecule has 2 aliphatic rings. The maximum atomic E-state index is 13.9. The van der Waals surface area contributed by atoms with Crippen LogP contribution in [0.4, 0.5) is 9.59 Å². The molecule has 14 heteroatoms. The van der Waals surface area contributed by atoms with E-state index in [0.29, 0.717) is 30.3 Å². The van der Waals surface area contributed by atoms with E-state index >= 15 is 0 Å². The number of aromatic amines is 2. The Morgan fingerprint density at radius 1 is 0.772 bits per heavy atom. The van der Waals surface area contributed by atoms with Crippen LogP contribution < -0.4 is 10.6 Å². The average Bonchev–Trinajstić information content (AvgIpc) is 4.07. The first-order valence-corrected chi connectivity index (χ1v) is 19.2. The summed E-state index contributed by atoms with van der Waals surface area (Å²) in [6.45, 7) is 4.91. The lowest BCUT2D eigenvalue weighted by Gasteiger charge is -2.29. The molecular formula is C43H46N8O6. The van der Waals surface area contributed by atoms with Crippen LogP contribution in [-0.2, 0) is 19.1 Å². The van der Waals surface area contributed by atoms with E-state index in [2.05, 4.69) is 32.4 Å². The Kier molecular flexibility index (Phi) is 11.5. The van der Waals surface area contributed by atoms with E-state index in [0.717, 1.165) is 59.1 Å².